The van der Waals surface area contributed by atoms with Crippen LogP contribution in [0, 0.1) is 12.7 Å². The van der Waals surface area contributed by atoms with E-state index >= 15 is 0 Å². The lowest BCUT2D eigenvalue weighted by Crippen LogP contribution is -2.02. The minimum Gasteiger partial charge on any atom is -0.494 e. The summed E-state index contributed by atoms with van der Waals surface area (Å²) in [7, 11) is 1.38. The van der Waals surface area contributed by atoms with Crippen molar-refractivity contribution < 1.29 is 13.9 Å². The minimum absolute atomic E-state index is 0.127. The first-order chi connectivity index (χ1) is 8.13. The van der Waals surface area contributed by atoms with E-state index in [0.29, 0.717) is 16.1 Å². The third-order valence-electron chi connectivity index (χ3n) is 2.37. The van der Waals surface area contributed by atoms with Gasteiger partial charge in [-0.1, -0.05) is 0 Å². The van der Waals surface area contributed by atoms with Gasteiger partial charge in [0.1, 0.15) is 0 Å². The van der Waals surface area contributed by atoms with Gasteiger partial charge in [-0.05, 0) is 25.1 Å². The molecule has 1 aromatic heterocycles. The smallest absolute Gasteiger partial charge is 0.204 e. The van der Waals surface area contributed by atoms with Crippen LogP contribution in [0.25, 0.3) is 0 Å². The second-order valence-electron chi connectivity index (χ2n) is 3.45. The summed E-state index contributed by atoms with van der Waals surface area (Å²) in [6.07, 6.45) is 0. The van der Waals surface area contributed by atoms with E-state index in [-0.39, 0.29) is 11.5 Å². The fourth-order valence-corrected chi connectivity index (χ4v) is 2.22. The summed E-state index contributed by atoms with van der Waals surface area (Å²) in [4.78, 5) is 16.6. The molecule has 0 bridgehead atoms. The number of carbonyl (C=O) groups is 1. The Morgan fingerprint density at radius 2 is 2.24 bits per heavy atom. The van der Waals surface area contributed by atoms with E-state index in [4.69, 9.17) is 4.74 Å². The Bertz CT molecular complexity index is 565. The molecule has 2 rings (SSSR count). The highest BCUT2D eigenvalue weighted by atomic mass is 32.1. The first-order valence-electron chi connectivity index (χ1n) is 4.92. The Balaban J connectivity index is 2.39. The third kappa shape index (κ3) is 2.19. The molecular weight excluding hydrogens is 241 g/mol. The number of carbonyl (C=O) groups excluding carboxylic acids is 1. The monoisotopic (exact) mass is 251 g/mol. The van der Waals surface area contributed by atoms with Gasteiger partial charge in [0, 0.05) is 5.56 Å². The van der Waals surface area contributed by atoms with Gasteiger partial charge in [-0.3, -0.25) is 4.79 Å². The molecule has 0 spiro atoms. The van der Waals surface area contributed by atoms with Gasteiger partial charge in [0.2, 0.25) is 5.78 Å². The summed E-state index contributed by atoms with van der Waals surface area (Å²) in [5.41, 5.74) is 2.56. The van der Waals surface area contributed by atoms with Crippen molar-refractivity contribution in [3.05, 3.63) is 45.7 Å². The van der Waals surface area contributed by atoms with Gasteiger partial charge in [-0.25, -0.2) is 9.37 Å². The summed E-state index contributed by atoms with van der Waals surface area (Å²) >= 11 is 1.25. The van der Waals surface area contributed by atoms with E-state index < -0.39 is 5.82 Å². The van der Waals surface area contributed by atoms with Crippen LogP contribution >= 0.6 is 11.3 Å². The minimum atomic E-state index is -0.541. The van der Waals surface area contributed by atoms with Crippen LogP contribution in [0.4, 0.5) is 4.39 Å². The lowest BCUT2D eigenvalue weighted by Gasteiger charge is -2.03. The number of hydrogen-bond acceptors (Lipinski definition) is 4. The summed E-state index contributed by atoms with van der Waals surface area (Å²) < 4.78 is 18.3. The maximum atomic E-state index is 13.5. The SMILES string of the molecule is COc1ccc(C(=O)c2scnc2C)cc1F. The molecule has 88 valence electrons. The van der Waals surface area contributed by atoms with Gasteiger partial charge in [-0.2, -0.15) is 0 Å². The number of hydrogen-bond donors (Lipinski definition) is 0. The van der Waals surface area contributed by atoms with Crippen molar-refractivity contribution in [3.63, 3.8) is 0 Å². The number of ether oxygens (including phenoxy) is 1. The third-order valence-corrected chi connectivity index (χ3v) is 3.29. The fourth-order valence-electron chi connectivity index (χ4n) is 1.46. The van der Waals surface area contributed by atoms with Crippen LogP contribution < -0.4 is 4.74 Å². The van der Waals surface area contributed by atoms with Crippen molar-refractivity contribution in [1.82, 2.24) is 4.98 Å². The zero-order valence-corrected chi connectivity index (χ0v) is 10.2. The van der Waals surface area contributed by atoms with Crippen molar-refractivity contribution in [2.24, 2.45) is 0 Å². The van der Waals surface area contributed by atoms with Gasteiger partial charge >= 0.3 is 0 Å². The Labute approximate surface area is 102 Å². The van der Waals surface area contributed by atoms with Crippen LogP contribution in [0.3, 0.4) is 0 Å². The summed E-state index contributed by atoms with van der Waals surface area (Å²) in [6, 6.07) is 4.17. The van der Waals surface area contributed by atoms with E-state index in [0.717, 1.165) is 0 Å². The highest BCUT2D eigenvalue weighted by Crippen LogP contribution is 2.22. The molecule has 0 unspecified atom stereocenters. The molecule has 0 aliphatic rings. The van der Waals surface area contributed by atoms with Crippen molar-refractivity contribution >= 4 is 17.1 Å². The van der Waals surface area contributed by atoms with Crippen molar-refractivity contribution in [1.29, 1.82) is 0 Å². The maximum Gasteiger partial charge on any atom is 0.204 e. The summed E-state index contributed by atoms with van der Waals surface area (Å²) in [6.45, 7) is 1.75. The van der Waals surface area contributed by atoms with E-state index in [1.807, 2.05) is 0 Å². The van der Waals surface area contributed by atoms with Gasteiger partial charge in [-0.15, -0.1) is 11.3 Å². The zero-order chi connectivity index (χ0) is 12.4. The number of halogens is 1. The molecule has 0 aliphatic carbocycles. The van der Waals surface area contributed by atoms with Crippen molar-refractivity contribution in [2.75, 3.05) is 7.11 Å². The predicted octanol–water partition coefficient (Wildman–Crippen LogP) is 2.83. The summed E-state index contributed by atoms with van der Waals surface area (Å²) in [5, 5.41) is 0. The van der Waals surface area contributed by atoms with Crippen LogP contribution in [-0.4, -0.2) is 17.9 Å². The Hall–Kier alpha value is -1.75. The fraction of sp³-hybridized carbons (Fsp3) is 0.167. The van der Waals surface area contributed by atoms with Crippen LogP contribution in [-0.2, 0) is 0 Å². The average Bonchev–Trinajstić information content (AvgIpc) is 2.74. The van der Waals surface area contributed by atoms with Crippen LogP contribution in [0.15, 0.2) is 23.7 Å². The summed E-state index contributed by atoms with van der Waals surface area (Å²) in [5.74, 6) is -0.630. The first kappa shape index (κ1) is 11.7. The van der Waals surface area contributed by atoms with E-state index in [2.05, 4.69) is 4.98 Å². The van der Waals surface area contributed by atoms with Crippen LogP contribution in [0.5, 0.6) is 5.75 Å². The maximum absolute atomic E-state index is 13.5. The topological polar surface area (TPSA) is 39.2 Å². The quantitative estimate of drug-likeness (QED) is 0.787. The molecule has 0 saturated carbocycles. The molecule has 2 aromatic rings. The standard InChI is InChI=1S/C12H10FNO2S/c1-7-12(17-6-14-7)11(15)8-3-4-10(16-2)9(13)5-8/h3-6H,1-2H3. The molecule has 1 aromatic carbocycles. The molecule has 3 nitrogen and oxygen atoms in total. The van der Waals surface area contributed by atoms with Crippen molar-refractivity contribution in [2.45, 2.75) is 6.92 Å². The number of nitrogens with zero attached hydrogens (tertiary/aromatic N) is 1. The van der Waals surface area contributed by atoms with Crippen molar-refractivity contribution in [3.8, 4) is 5.75 Å². The highest BCUT2D eigenvalue weighted by molar-refractivity contribution is 7.12. The molecule has 0 saturated heterocycles. The molecular formula is C12H10FNO2S. The number of rotatable bonds is 3. The van der Waals surface area contributed by atoms with Crippen LogP contribution in [0.1, 0.15) is 20.9 Å². The lowest BCUT2D eigenvalue weighted by atomic mass is 10.1. The zero-order valence-electron chi connectivity index (χ0n) is 9.36. The van der Waals surface area contributed by atoms with Gasteiger partial charge in [0.25, 0.3) is 0 Å². The molecule has 0 amide bonds. The molecule has 0 aliphatic heterocycles. The number of thiazole rings is 1. The molecule has 17 heavy (non-hydrogen) atoms. The second-order valence-corrected chi connectivity index (χ2v) is 4.30. The van der Waals surface area contributed by atoms with Gasteiger partial charge < -0.3 is 4.74 Å². The molecule has 0 N–H and O–H groups in total. The Morgan fingerprint density at radius 1 is 1.47 bits per heavy atom. The number of ketones is 1. The van der Waals surface area contributed by atoms with E-state index in [9.17, 15) is 9.18 Å². The Morgan fingerprint density at radius 3 is 2.76 bits per heavy atom. The molecule has 0 atom stereocenters. The van der Waals surface area contributed by atoms with Gasteiger partial charge in [0.05, 0.1) is 23.2 Å². The first-order valence-corrected chi connectivity index (χ1v) is 5.79. The molecule has 5 heteroatoms. The average molecular weight is 251 g/mol. The number of aromatic nitrogens is 1. The largest absolute Gasteiger partial charge is 0.494 e. The molecule has 1 heterocycles. The second kappa shape index (κ2) is 4.63. The molecule has 0 fully saturated rings. The van der Waals surface area contributed by atoms with Crippen LogP contribution in [0.2, 0.25) is 0 Å². The molecule has 0 radical (unpaired) electrons. The number of methoxy groups -OCH3 is 1. The predicted molar refractivity (Wildman–Crippen MR) is 63.2 cm³/mol. The van der Waals surface area contributed by atoms with E-state index in [1.54, 1.807) is 18.5 Å². The number of benzene rings is 1. The normalized spacial score (nSPS) is 10.3. The van der Waals surface area contributed by atoms with Gasteiger partial charge in [0.15, 0.2) is 11.6 Å². The number of aryl methyl sites for hydroxylation is 1. The Kier molecular flexibility index (Phi) is 3.19. The highest BCUT2D eigenvalue weighted by Gasteiger charge is 2.16. The lowest BCUT2D eigenvalue weighted by molar-refractivity contribution is 0.104. The van der Waals surface area contributed by atoms with E-state index in [1.165, 1.54) is 30.6 Å².